The fraction of sp³-hybridized carbons (Fsp3) is 0.429. The van der Waals surface area contributed by atoms with Crippen molar-refractivity contribution < 1.29 is 18.7 Å². The van der Waals surface area contributed by atoms with E-state index in [9.17, 15) is 9.59 Å². The van der Waals surface area contributed by atoms with E-state index in [0.29, 0.717) is 29.6 Å². The van der Waals surface area contributed by atoms with Gasteiger partial charge in [-0.1, -0.05) is 26.0 Å². The number of anilines is 1. The molecule has 0 bridgehead atoms. The van der Waals surface area contributed by atoms with Gasteiger partial charge in [-0.25, -0.2) is 4.79 Å². The van der Waals surface area contributed by atoms with Crippen LogP contribution in [-0.4, -0.2) is 36.5 Å². The van der Waals surface area contributed by atoms with E-state index in [4.69, 9.17) is 9.15 Å². The molecule has 1 fully saturated rings. The van der Waals surface area contributed by atoms with Gasteiger partial charge < -0.3 is 19.4 Å². The van der Waals surface area contributed by atoms with E-state index in [1.165, 1.54) is 0 Å². The van der Waals surface area contributed by atoms with E-state index in [-0.39, 0.29) is 12.5 Å². The molecule has 2 aromatic rings. The van der Waals surface area contributed by atoms with Crippen LogP contribution in [0.4, 0.5) is 5.69 Å². The van der Waals surface area contributed by atoms with Crippen molar-refractivity contribution >= 4 is 17.6 Å². The number of likely N-dealkylation sites (tertiary alicyclic amines) is 1. The number of furan rings is 1. The number of nitrogens with zero attached hydrogens (tertiary/aromatic N) is 1. The molecule has 1 amide bonds. The summed E-state index contributed by atoms with van der Waals surface area (Å²) >= 11 is 0. The van der Waals surface area contributed by atoms with E-state index in [2.05, 4.69) is 19.2 Å². The first-order valence-electron chi connectivity index (χ1n) is 9.33. The SMILES string of the molecule is C[C@@H]1C[C@H](C)CN(C(=O)COC(=O)c2ccccc2NCc2ccco2)C1. The molecule has 1 saturated heterocycles. The molecule has 0 unspecified atom stereocenters. The van der Waals surface area contributed by atoms with Crippen LogP contribution in [-0.2, 0) is 16.1 Å². The van der Waals surface area contributed by atoms with Crippen LogP contribution in [0.2, 0.25) is 0 Å². The fourth-order valence-corrected chi connectivity index (χ4v) is 3.57. The van der Waals surface area contributed by atoms with Gasteiger partial charge in [0.2, 0.25) is 0 Å². The molecule has 27 heavy (non-hydrogen) atoms. The normalized spacial score (nSPS) is 19.6. The second kappa shape index (κ2) is 8.75. The number of benzene rings is 1. The molecule has 1 aromatic carbocycles. The summed E-state index contributed by atoms with van der Waals surface area (Å²) in [7, 11) is 0. The van der Waals surface area contributed by atoms with Gasteiger partial charge in [0.15, 0.2) is 6.61 Å². The highest BCUT2D eigenvalue weighted by Crippen LogP contribution is 2.21. The van der Waals surface area contributed by atoms with Crippen molar-refractivity contribution in [2.75, 3.05) is 25.0 Å². The minimum Gasteiger partial charge on any atom is -0.467 e. The predicted molar refractivity (Wildman–Crippen MR) is 102 cm³/mol. The van der Waals surface area contributed by atoms with Crippen LogP contribution in [0.15, 0.2) is 47.1 Å². The van der Waals surface area contributed by atoms with E-state index in [0.717, 1.165) is 25.3 Å². The maximum atomic E-state index is 12.5. The first-order chi connectivity index (χ1) is 13.0. The van der Waals surface area contributed by atoms with Gasteiger partial charge in [0.05, 0.1) is 18.4 Å². The van der Waals surface area contributed by atoms with Crippen molar-refractivity contribution in [1.82, 2.24) is 4.90 Å². The third-order valence-corrected chi connectivity index (χ3v) is 4.73. The van der Waals surface area contributed by atoms with Crippen molar-refractivity contribution in [3.05, 3.63) is 54.0 Å². The number of para-hydroxylation sites is 1. The molecular weight excluding hydrogens is 344 g/mol. The number of hydrogen-bond donors (Lipinski definition) is 1. The summed E-state index contributed by atoms with van der Waals surface area (Å²) in [5.41, 5.74) is 1.05. The Morgan fingerprint density at radius 2 is 1.89 bits per heavy atom. The Hall–Kier alpha value is -2.76. The van der Waals surface area contributed by atoms with Gasteiger partial charge in [0, 0.05) is 18.8 Å². The van der Waals surface area contributed by atoms with Gasteiger partial charge >= 0.3 is 5.97 Å². The maximum Gasteiger partial charge on any atom is 0.340 e. The summed E-state index contributed by atoms with van der Waals surface area (Å²) < 4.78 is 10.6. The lowest BCUT2D eigenvalue weighted by atomic mass is 9.92. The molecule has 2 atom stereocenters. The van der Waals surface area contributed by atoms with Crippen LogP contribution in [0.5, 0.6) is 0 Å². The van der Waals surface area contributed by atoms with E-state index < -0.39 is 5.97 Å². The Kier molecular flexibility index (Phi) is 6.16. The van der Waals surface area contributed by atoms with Gasteiger partial charge in [0.1, 0.15) is 5.76 Å². The zero-order valence-corrected chi connectivity index (χ0v) is 15.8. The number of ether oxygens (including phenoxy) is 1. The topological polar surface area (TPSA) is 71.8 Å². The highest BCUT2D eigenvalue weighted by atomic mass is 16.5. The van der Waals surface area contributed by atoms with Crippen LogP contribution in [0, 0.1) is 11.8 Å². The molecule has 3 rings (SSSR count). The summed E-state index contributed by atoms with van der Waals surface area (Å²) in [6.45, 7) is 5.96. The van der Waals surface area contributed by atoms with Crippen molar-refractivity contribution in [2.45, 2.75) is 26.8 Å². The number of hydrogen-bond acceptors (Lipinski definition) is 5. The Balaban J connectivity index is 1.57. The predicted octanol–water partition coefficient (Wildman–Crippen LogP) is 3.55. The summed E-state index contributed by atoms with van der Waals surface area (Å²) in [6, 6.07) is 10.8. The number of piperidine rings is 1. The van der Waals surface area contributed by atoms with E-state index >= 15 is 0 Å². The zero-order valence-electron chi connectivity index (χ0n) is 15.8. The molecule has 1 aromatic heterocycles. The first-order valence-corrected chi connectivity index (χ1v) is 9.33. The molecule has 1 N–H and O–H groups in total. The zero-order chi connectivity index (χ0) is 19.2. The average molecular weight is 370 g/mol. The van der Waals surface area contributed by atoms with Gasteiger partial charge in [-0.3, -0.25) is 4.79 Å². The van der Waals surface area contributed by atoms with Gasteiger partial charge in [-0.05, 0) is 42.5 Å². The molecule has 0 spiro atoms. The van der Waals surface area contributed by atoms with Crippen LogP contribution in [0.1, 0.15) is 36.4 Å². The molecule has 0 saturated carbocycles. The lowest BCUT2D eigenvalue weighted by molar-refractivity contribution is -0.137. The minimum atomic E-state index is -0.510. The van der Waals surface area contributed by atoms with Gasteiger partial charge in [0.25, 0.3) is 5.91 Å². The van der Waals surface area contributed by atoms with Crippen LogP contribution in [0.3, 0.4) is 0 Å². The van der Waals surface area contributed by atoms with Crippen molar-refractivity contribution in [1.29, 1.82) is 0 Å². The van der Waals surface area contributed by atoms with Crippen molar-refractivity contribution in [3.63, 3.8) is 0 Å². The molecule has 144 valence electrons. The van der Waals surface area contributed by atoms with E-state index in [1.807, 2.05) is 18.2 Å². The highest BCUT2D eigenvalue weighted by molar-refractivity contribution is 5.96. The molecule has 1 aliphatic heterocycles. The molecule has 6 nitrogen and oxygen atoms in total. The number of carbonyl (C=O) groups is 2. The second-order valence-electron chi connectivity index (χ2n) is 7.30. The van der Waals surface area contributed by atoms with Gasteiger partial charge in [-0.2, -0.15) is 0 Å². The molecule has 1 aliphatic rings. The third kappa shape index (κ3) is 5.12. The number of carbonyl (C=O) groups excluding carboxylic acids is 2. The summed E-state index contributed by atoms with van der Waals surface area (Å²) in [4.78, 5) is 26.7. The van der Waals surface area contributed by atoms with Crippen LogP contribution < -0.4 is 5.32 Å². The Morgan fingerprint density at radius 3 is 2.59 bits per heavy atom. The summed E-state index contributed by atoms with van der Waals surface area (Å²) in [5.74, 6) is 1.06. The number of amides is 1. The molecule has 0 aliphatic carbocycles. The Labute approximate surface area is 159 Å². The average Bonchev–Trinajstić information content (AvgIpc) is 3.17. The fourth-order valence-electron chi connectivity index (χ4n) is 3.57. The number of esters is 1. The van der Waals surface area contributed by atoms with Crippen LogP contribution in [0.25, 0.3) is 0 Å². The monoisotopic (exact) mass is 370 g/mol. The highest BCUT2D eigenvalue weighted by Gasteiger charge is 2.26. The Bertz CT molecular complexity index is 762. The van der Waals surface area contributed by atoms with Crippen molar-refractivity contribution in [2.24, 2.45) is 11.8 Å². The smallest absolute Gasteiger partial charge is 0.340 e. The molecular formula is C21H26N2O4. The molecule has 6 heteroatoms. The number of rotatable bonds is 6. The Morgan fingerprint density at radius 1 is 1.15 bits per heavy atom. The van der Waals surface area contributed by atoms with Gasteiger partial charge in [-0.15, -0.1) is 0 Å². The third-order valence-electron chi connectivity index (χ3n) is 4.73. The molecule has 2 heterocycles. The van der Waals surface area contributed by atoms with Crippen molar-refractivity contribution in [3.8, 4) is 0 Å². The largest absolute Gasteiger partial charge is 0.467 e. The van der Waals surface area contributed by atoms with Crippen LogP contribution >= 0.6 is 0 Å². The minimum absolute atomic E-state index is 0.136. The standard InChI is InChI=1S/C21H26N2O4/c1-15-10-16(2)13-23(12-15)20(24)14-27-21(25)18-7-3-4-8-19(18)22-11-17-6-5-9-26-17/h3-9,15-16,22H,10-14H2,1-2H3/t15-,16+. The lowest BCUT2D eigenvalue weighted by Gasteiger charge is -2.34. The summed E-state index contributed by atoms with van der Waals surface area (Å²) in [6.07, 6.45) is 2.73. The quantitative estimate of drug-likeness (QED) is 0.788. The number of nitrogens with one attached hydrogen (secondary N) is 1. The summed E-state index contributed by atoms with van der Waals surface area (Å²) in [5, 5.41) is 3.17. The second-order valence-corrected chi connectivity index (χ2v) is 7.30. The van der Waals surface area contributed by atoms with E-state index in [1.54, 1.807) is 29.4 Å². The first kappa shape index (κ1) is 19.0. The molecule has 0 radical (unpaired) electrons. The lowest BCUT2D eigenvalue weighted by Crippen LogP contribution is -2.44. The maximum absolute atomic E-state index is 12.5.